The van der Waals surface area contributed by atoms with Crippen LogP contribution in [0.1, 0.15) is 73.6 Å². The molecule has 4 aromatic rings. The fourth-order valence-electron chi connectivity index (χ4n) is 11.4. The molecular weight excluding hydrogens is 1080 g/mol. The molecule has 0 bridgehead atoms. The average molecular weight is 1160 g/mol. The van der Waals surface area contributed by atoms with Crippen molar-refractivity contribution in [2.45, 2.75) is 112 Å². The van der Waals surface area contributed by atoms with Gasteiger partial charge >= 0.3 is 0 Å². The number of hydrogen-bond acceptors (Lipinski definition) is 3. The number of halogens is 3. The van der Waals surface area contributed by atoms with Gasteiger partial charge in [0.05, 0.1) is 16.1 Å². The first-order valence-electron chi connectivity index (χ1n) is 24.3. The van der Waals surface area contributed by atoms with Crippen LogP contribution in [0.4, 0.5) is 0 Å². The van der Waals surface area contributed by atoms with Crippen LogP contribution in [0.2, 0.25) is 60.4 Å². The van der Waals surface area contributed by atoms with Crippen LogP contribution in [0, 0.1) is 0 Å². The first kappa shape index (κ1) is 54.4. The maximum atomic E-state index is 3.92. The van der Waals surface area contributed by atoms with Crippen molar-refractivity contribution >= 4 is 129 Å². The number of hydrogen-bond donors (Lipinski definition) is 0. The van der Waals surface area contributed by atoms with E-state index in [1.165, 1.54) is 162 Å². The number of benzene rings is 4. The molecule has 0 fully saturated rings. The molecule has 5 rings (SSSR count). The van der Waals surface area contributed by atoms with Crippen LogP contribution in [0.3, 0.4) is 0 Å². The normalized spacial score (nSPS) is 14.2. The summed E-state index contributed by atoms with van der Waals surface area (Å²) in [5.74, 6) is 3.91. The predicted octanol–water partition coefficient (Wildman–Crippen LogP) is 19.0. The lowest BCUT2D eigenvalue weighted by Gasteiger charge is -2.39. The zero-order valence-electron chi connectivity index (χ0n) is 39.4. The minimum Gasteiger partial charge on any atom is -0.165 e. The van der Waals surface area contributed by atoms with E-state index in [1.807, 2.05) is 0 Å². The third kappa shape index (κ3) is 15.5. The van der Waals surface area contributed by atoms with Gasteiger partial charge in [-0.1, -0.05) is 230 Å². The van der Waals surface area contributed by atoms with Crippen LogP contribution in [-0.4, -0.2) is 76.2 Å². The van der Waals surface area contributed by atoms with Crippen LogP contribution in [-0.2, 0) is 0 Å². The van der Waals surface area contributed by atoms with E-state index in [4.69, 9.17) is 0 Å². The summed E-state index contributed by atoms with van der Waals surface area (Å²) < 4.78 is 0. The first-order valence-corrected chi connectivity index (χ1v) is 39.9. The van der Waals surface area contributed by atoms with Crippen molar-refractivity contribution in [1.29, 1.82) is 0 Å². The fourth-order valence-corrected chi connectivity index (χ4v) is 33.0. The zero-order chi connectivity index (χ0) is 45.4. The zero-order valence-corrected chi connectivity index (χ0v) is 49.6. The van der Waals surface area contributed by atoms with Crippen molar-refractivity contribution in [1.82, 2.24) is 0 Å². The van der Waals surface area contributed by atoms with Gasteiger partial charge in [-0.25, -0.2) is 0 Å². The maximum absolute atomic E-state index is 3.92. The molecule has 1 heterocycles. The van der Waals surface area contributed by atoms with Gasteiger partial charge in [0.1, 0.15) is 8.07 Å². The summed E-state index contributed by atoms with van der Waals surface area (Å²) in [4.78, 5) is 0. The molecule has 0 spiro atoms. The third-order valence-electron chi connectivity index (χ3n) is 14.3. The highest BCUT2D eigenvalue weighted by atomic mass is 79.9. The van der Waals surface area contributed by atoms with Gasteiger partial charge in [0, 0.05) is 16.0 Å². The highest BCUT2D eigenvalue weighted by Crippen LogP contribution is 2.59. The lowest BCUT2D eigenvalue weighted by atomic mass is 9.89. The molecule has 1 aliphatic rings. The molecule has 64 heavy (non-hydrogen) atoms. The molecule has 0 unspecified atom stereocenters. The first-order chi connectivity index (χ1) is 31.5. The smallest absolute Gasteiger partial charge is 0.121 e. The molecule has 0 aromatic heterocycles. The summed E-state index contributed by atoms with van der Waals surface area (Å²) in [6.07, 6.45) is 17.8. The van der Waals surface area contributed by atoms with Gasteiger partial charge in [0.2, 0.25) is 0 Å². The molecule has 9 heteroatoms. The quantitative estimate of drug-likeness (QED) is 0.0265. The van der Waals surface area contributed by atoms with Gasteiger partial charge in [-0.3, -0.25) is 0 Å². The minimum atomic E-state index is -2.51. The van der Waals surface area contributed by atoms with Crippen LogP contribution in [0.15, 0.2) is 121 Å². The molecule has 348 valence electrons. The summed E-state index contributed by atoms with van der Waals surface area (Å²) in [5, 5.41) is 6.86. The maximum Gasteiger partial charge on any atom is 0.121 e. The van der Waals surface area contributed by atoms with E-state index in [2.05, 4.69) is 223 Å². The second kappa shape index (κ2) is 30.2. The van der Waals surface area contributed by atoms with Crippen LogP contribution in [0.5, 0.6) is 0 Å². The standard InChI is InChI=1S/C55H77Br3S3Si3/c1-59-35-19-41-62(38-16-32-56,39-17-33-57)44-22-46-64(47-23-45-63(40-18-34-58,42-20-36-60-2)43-21-37-61-3)54(50-28-12-6-13-29-50)52(48-24-8-4-9-25-48)53(49-26-10-5-11-27-49)55(64)51-30-14-7-15-31-51/h4-15,24-31H,16-23,32-47H2,1-3H3. The Labute approximate surface area is 432 Å². The lowest BCUT2D eigenvalue weighted by molar-refractivity contribution is 0.873. The van der Waals surface area contributed by atoms with Crippen molar-refractivity contribution < 1.29 is 0 Å². The fraction of sp³-hybridized carbons (Fsp3) is 0.491. The molecule has 0 nitrogen and oxygen atoms in total. The molecule has 0 saturated heterocycles. The Morgan fingerprint density at radius 3 is 0.906 bits per heavy atom. The van der Waals surface area contributed by atoms with Gasteiger partial charge in [-0.2, -0.15) is 35.3 Å². The Hall–Kier alpha value is -0.499. The van der Waals surface area contributed by atoms with Gasteiger partial charge < -0.3 is 0 Å². The topological polar surface area (TPSA) is 0 Å². The van der Waals surface area contributed by atoms with E-state index in [-0.39, 0.29) is 0 Å². The molecule has 0 atom stereocenters. The molecule has 0 aliphatic carbocycles. The molecule has 0 amide bonds. The van der Waals surface area contributed by atoms with E-state index in [0.717, 1.165) is 16.0 Å². The van der Waals surface area contributed by atoms with Crippen LogP contribution >= 0.6 is 83.1 Å². The highest BCUT2D eigenvalue weighted by molar-refractivity contribution is 9.09. The highest BCUT2D eigenvalue weighted by Gasteiger charge is 2.50. The second-order valence-corrected chi connectivity index (χ2v) is 37.9. The van der Waals surface area contributed by atoms with Crippen molar-refractivity contribution in [2.24, 2.45) is 0 Å². The van der Waals surface area contributed by atoms with E-state index in [0.29, 0.717) is 0 Å². The average Bonchev–Trinajstić information content (AvgIpc) is 3.63. The van der Waals surface area contributed by atoms with Gasteiger partial charge in [0.15, 0.2) is 0 Å². The molecule has 0 radical (unpaired) electrons. The molecular formula is C55H77Br3S3Si3. The van der Waals surface area contributed by atoms with E-state index < -0.39 is 24.2 Å². The second-order valence-electron chi connectivity index (χ2n) is 18.4. The summed E-state index contributed by atoms with van der Waals surface area (Å²) in [7, 11) is -5.59. The van der Waals surface area contributed by atoms with Gasteiger partial charge in [0.25, 0.3) is 0 Å². The Morgan fingerprint density at radius 2 is 0.625 bits per heavy atom. The van der Waals surface area contributed by atoms with Crippen LogP contribution < -0.4 is 0 Å². The molecule has 0 N–H and O–H groups in total. The number of thioether (sulfide) groups is 3. The minimum absolute atomic E-state index is 1.13. The molecule has 4 aromatic carbocycles. The molecule has 0 saturated carbocycles. The Balaban J connectivity index is 1.79. The Morgan fingerprint density at radius 1 is 0.359 bits per heavy atom. The number of alkyl halides is 3. The summed E-state index contributed by atoms with van der Waals surface area (Å²) in [6.45, 7) is 0. The predicted molar refractivity (Wildman–Crippen MR) is 318 cm³/mol. The number of rotatable bonds is 33. The van der Waals surface area contributed by atoms with E-state index in [1.54, 1.807) is 10.4 Å². The summed E-state index contributed by atoms with van der Waals surface area (Å²) >= 11 is 17.9. The van der Waals surface area contributed by atoms with Gasteiger partial charge in [-0.15, -0.1) is 0 Å². The van der Waals surface area contributed by atoms with Crippen molar-refractivity contribution in [3.05, 3.63) is 144 Å². The Kier molecular flexibility index (Phi) is 25.7. The number of allylic oxidation sites excluding steroid dienone is 2. The van der Waals surface area contributed by atoms with Gasteiger partial charge in [-0.05, 0) is 130 Å². The van der Waals surface area contributed by atoms with Crippen molar-refractivity contribution in [2.75, 3.05) is 52.0 Å². The van der Waals surface area contributed by atoms with E-state index >= 15 is 0 Å². The monoisotopic (exact) mass is 1150 g/mol. The summed E-state index contributed by atoms with van der Waals surface area (Å²) in [6, 6.07) is 61.5. The Bertz CT molecular complexity index is 1830. The molecule has 1 aliphatic heterocycles. The van der Waals surface area contributed by atoms with Crippen LogP contribution in [0.25, 0.3) is 21.5 Å². The lowest BCUT2D eigenvalue weighted by Crippen LogP contribution is -2.40. The van der Waals surface area contributed by atoms with Crippen molar-refractivity contribution in [3.63, 3.8) is 0 Å². The summed E-state index contributed by atoms with van der Waals surface area (Å²) in [5.41, 5.74) is 8.75. The third-order valence-corrected chi connectivity index (χ3v) is 34.8. The van der Waals surface area contributed by atoms with Crippen molar-refractivity contribution in [3.8, 4) is 0 Å². The van der Waals surface area contributed by atoms with E-state index in [9.17, 15) is 0 Å². The SMILES string of the molecule is CSCCC[Si](CCCBr)(CCCBr)CCC[Si]1(CCC[Si](CCCBr)(CCCSC)CCCSC)C(c2ccccc2)=C(c2ccccc2)C(c2ccccc2)=C1c1ccccc1. The largest absolute Gasteiger partial charge is 0.165 e.